The molecule has 168 valence electrons. The molecular formula is C25H20Cl3N3O2. The topological polar surface area (TPSA) is 55.2 Å². The molecule has 33 heavy (non-hydrogen) atoms. The third-order valence-electron chi connectivity index (χ3n) is 5.59. The number of aromatic nitrogens is 2. The lowest BCUT2D eigenvalue weighted by molar-refractivity contribution is 0.0735. The second-order valence-electron chi connectivity index (χ2n) is 7.83. The first kappa shape index (κ1) is 23.3. The van der Waals surface area contributed by atoms with E-state index in [2.05, 4.69) is 0 Å². The van der Waals surface area contributed by atoms with Crippen molar-refractivity contribution in [2.24, 2.45) is 0 Å². The van der Waals surface area contributed by atoms with Gasteiger partial charge in [-0.25, -0.2) is 4.98 Å². The molecule has 0 spiro atoms. The van der Waals surface area contributed by atoms with E-state index >= 15 is 0 Å². The molecule has 0 aliphatic rings. The molecule has 0 saturated carbocycles. The molecule has 0 N–H and O–H groups in total. The second-order valence-corrected chi connectivity index (χ2v) is 9.08. The summed E-state index contributed by atoms with van der Waals surface area (Å²) in [6, 6.07) is 16.7. The van der Waals surface area contributed by atoms with Crippen molar-refractivity contribution in [1.29, 1.82) is 0 Å². The maximum absolute atomic E-state index is 13.5. The summed E-state index contributed by atoms with van der Waals surface area (Å²) in [5, 5.41) is 1.57. The number of hydrogen-bond acceptors (Lipinski definition) is 3. The Morgan fingerprint density at radius 3 is 2.33 bits per heavy atom. The Balaban J connectivity index is 1.87. The van der Waals surface area contributed by atoms with Crippen LogP contribution in [0, 0.1) is 6.92 Å². The molecule has 0 bridgehead atoms. The quantitative estimate of drug-likeness (QED) is 0.322. The number of amides is 1. The Bertz CT molecular complexity index is 1430. The van der Waals surface area contributed by atoms with Crippen LogP contribution in [-0.4, -0.2) is 27.4 Å². The molecule has 3 aromatic carbocycles. The van der Waals surface area contributed by atoms with Gasteiger partial charge in [-0.3, -0.25) is 14.2 Å². The Kier molecular flexibility index (Phi) is 6.48. The predicted octanol–water partition coefficient (Wildman–Crippen LogP) is 6.49. The van der Waals surface area contributed by atoms with Gasteiger partial charge in [0.2, 0.25) is 0 Å². The minimum absolute atomic E-state index is 0.238. The summed E-state index contributed by atoms with van der Waals surface area (Å²) in [7, 11) is 1.66. The molecule has 0 saturated heterocycles. The summed E-state index contributed by atoms with van der Waals surface area (Å²) in [4.78, 5) is 33.0. The number of hydrogen-bond donors (Lipinski definition) is 0. The van der Waals surface area contributed by atoms with Gasteiger partial charge >= 0.3 is 0 Å². The van der Waals surface area contributed by atoms with Crippen LogP contribution >= 0.6 is 34.8 Å². The van der Waals surface area contributed by atoms with Crippen molar-refractivity contribution in [3.8, 4) is 5.69 Å². The Labute approximate surface area is 206 Å². The van der Waals surface area contributed by atoms with Crippen molar-refractivity contribution in [1.82, 2.24) is 14.5 Å². The van der Waals surface area contributed by atoms with Gasteiger partial charge in [0.1, 0.15) is 5.82 Å². The molecule has 1 atom stereocenters. The molecule has 0 aliphatic carbocycles. The number of carbonyl (C=O) groups excluding carboxylic acids is 1. The van der Waals surface area contributed by atoms with Gasteiger partial charge in [-0.2, -0.15) is 0 Å². The van der Waals surface area contributed by atoms with E-state index in [1.54, 1.807) is 41.9 Å². The van der Waals surface area contributed by atoms with Crippen LogP contribution < -0.4 is 5.56 Å². The van der Waals surface area contributed by atoms with Crippen LogP contribution in [0.3, 0.4) is 0 Å². The minimum atomic E-state index is -0.552. The van der Waals surface area contributed by atoms with Gasteiger partial charge in [-0.05, 0) is 62.4 Å². The summed E-state index contributed by atoms with van der Waals surface area (Å²) in [5.74, 6) is 0.131. The summed E-state index contributed by atoms with van der Waals surface area (Å²) in [6.07, 6.45) is 0. The molecule has 1 unspecified atom stereocenters. The van der Waals surface area contributed by atoms with Crippen LogP contribution in [0.5, 0.6) is 0 Å². The van der Waals surface area contributed by atoms with Gasteiger partial charge < -0.3 is 4.90 Å². The average molecular weight is 501 g/mol. The minimum Gasteiger partial charge on any atom is -0.332 e. The van der Waals surface area contributed by atoms with Gasteiger partial charge in [0.15, 0.2) is 0 Å². The van der Waals surface area contributed by atoms with E-state index in [0.29, 0.717) is 43.0 Å². The molecular weight excluding hydrogens is 481 g/mol. The van der Waals surface area contributed by atoms with Gasteiger partial charge in [0, 0.05) is 17.6 Å². The Hall–Kier alpha value is -2.86. The highest BCUT2D eigenvalue weighted by Crippen LogP contribution is 2.27. The van der Waals surface area contributed by atoms with E-state index in [1.807, 2.05) is 38.1 Å². The first-order valence-corrected chi connectivity index (χ1v) is 11.3. The summed E-state index contributed by atoms with van der Waals surface area (Å²) in [5.41, 5.74) is 2.33. The fourth-order valence-corrected chi connectivity index (χ4v) is 4.05. The molecule has 0 radical (unpaired) electrons. The maximum atomic E-state index is 13.5. The first-order chi connectivity index (χ1) is 15.7. The fraction of sp³-hybridized carbons (Fsp3) is 0.160. The van der Waals surface area contributed by atoms with Gasteiger partial charge in [-0.15, -0.1) is 0 Å². The number of benzene rings is 3. The number of nitrogens with zero attached hydrogens (tertiary/aromatic N) is 3. The van der Waals surface area contributed by atoms with Crippen LogP contribution in [-0.2, 0) is 0 Å². The van der Waals surface area contributed by atoms with E-state index < -0.39 is 6.04 Å². The molecule has 8 heteroatoms. The van der Waals surface area contributed by atoms with E-state index in [0.717, 1.165) is 5.56 Å². The smallest absolute Gasteiger partial charge is 0.266 e. The largest absolute Gasteiger partial charge is 0.332 e. The SMILES string of the molecule is Cc1ccc(-n2c(C(C)N(C)C(=O)c3ccc(Cl)c(Cl)c3)nc3cc(Cl)ccc3c2=O)cc1. The van der Waals surface area contributed by atoms with Crippen molar-refractivity contribution in [2.45, 2.75) is 19.9 Å². The van der Waals surface area contributed by atoms with Crippen LogP contribution in [0.25, 0.3) is 16.6 Å². The van der Waals surface area contributed by atoms with E-state index in [4.69, 9.17) is 39.8 Å². The van der Waals surface area contributed by atoms with Crippen LogP contribution in [0.15, 0.2) is 65.5 Å². The van der Waals surface area contributed by atoms with E-state index in [1.165, 1.54) is 11.0 Å². The van der Waals surface area contributed by atoms with Crippen molar-refractivity contribution < 1.29 is 4.79 Å². The molecule has 1 amide bonds. The zero-order valence-corrected chi connectivity index (χ0v) is 20.4. The van der Waals surface area contributed by atoms with Crippen molar-refractivity contribution in [3.63, 3.8) is 0 Å². The molecule has 1 aromatic heterocycles. The predicted molar refractivity (Wildman–Crippen MR) is 134 cm³/mol. The summed E-state index contributed by atoms with van der Waals surface area (Å²) in [6.45, 7) is 3.79. The molecule has 0 aliphatic heterocycles. The Morgan fingerprint density at radius 2 is 1.67 bits per heavy atom. The lowest BCUT2D eigenvalue weighted by Gasteiger charge is -2.27. The fourth-order valence-electron chi connectivity index (χ4n) is 3.58. The third-order valence-corrected chi connectivity index (χ3v) is 6.57. The first-order valence-electron chi connectivity index (χ1n) is 10.2. The number of fused-ring (bicyclic) bond motifs is 1. The maximum Gasteiger partial charge on any atom is 0.266 e. The van der Waals surface area contributed by atoms with Crippen molar-refractivity contribution >= 4 is 51.6 Å². The number of carbonyl (C=O) groups is 1. The highest BCUT2D eigenvalue weighted by Gasteiger charge is 2.25. The number of halogens is 3. The Morgan fingerprint density at radius 1 is 0.970 bits per heavy atom. The number of aryl methyl sites for hydroxylation is 1. The zero-order valence-electron chi connectivity index (χ0n) is 18.1. The standard InChI is InChI=1S/C25H20Cl3N3O2/c1-14-4-8-18(9-5-14)31-23(29-22-13-17(26)7-10-19(22)25(31)33)15(2)30(3)24(32)16-6-11-20(27)21(28)12-16/h4-13,15H,1-3H3. The number of rotatable bonds is 4. The second kappa shape index (κ2) is 9.18. The van der Waals surface area contributed by atoms with E-state index in [-0.39, 0.29) is 11.5 Å². The third kappa shape index (κ3) is 4.49. The van der Waals surface area contributed by atoms with Crippen LogP contribution in [0.2, 0.25) is 15.1 Å². The van der Waals surface area contributed by atoms with Gasteiger partial charge in [0.05, 0.1) is 32.7 Å². The zero-order chi connectivity index (χ0) is 23.9. The average Bonchev–Trinajstić information content (AvgIpc) is 2.80. The van der Waals surface area contributed by atoms with Crippen molar-refractivity contribution in [2.75, 3.05) is 7.05 Å². The molecule has 0 fully saturated rings. The van der Waals surface area contributed by atoms with Gasteiger partial charge in [0.25, 0.3) is 11.5 Å². The van der Waals surface area contributed by atoms with Crippen LogP contribution in [0.1, 0.15) is 34.7 Å². The van der Waals surface area contributed by atoms with E-state index in [9.17, 15) is 9.59 Å². The van der Waals surface area contributed by atoms with Gasteiger partial charge in [-0.1, -0.05) is 52.5 Å². The van der Waals surface area contributed by atoms with Crippen molar-refractivity contribution in [3.05, 3.63) is 103 Å². The normalized spacial score (nSPS) is 12.1. The molecule has 5 nitrogen and oxygen atoms in total. The highest BCUT2D eigenvalue weighted by atomic mass is 35.5. The lowest BCUT2D eigenvalue weighted by atomic mass is 10.1. The highest BCUT2D eigenvalue weighted by molar-refractivity contribution is 6.42. The molecule has 1 heterocycles. The van der Waals surface area contributed by atoms with Crippen LogP contribution in [0.4, 0.5) is 0 Å². The molecule has 4 aromatic rings. The summed E-state index contributed by atoms with van der Waals surface area (Å²) < 4.78 is 1.54. The monoisotopic (exact) mass is 499 g/mol. The lowest BCUT2D eigenvalue weighted by Crippen LogP contribution is -2.34. The molecule has 4 rings (SSSR count). The summed E-state index contributed by atoms with van der Waals surface area (Å²) >= 11 is 18.3.